The molecular formula is C9H13N3. The number of nitrogens with one attached hydrogen (secondary N) is 2. The maximum Gasteiger partial charge on any atom is 0.0649 e. The molecule has 1 atom stereocenters. The molecule has 1 aromatic heterocycles. The summed E-state index contributed by atoms with van der Waals surface area (Å²) >= 11 is 0. The van der Waals surface area contributed by atoms with E-state index >= 15 is 0 Å². The van der Waals surface area contributed by atoms with Gasteiger partial charge in [-0.3, -0.25) is 10.4 Å². The first kappa shape index (κ1) is 7.71. The van der Waals surface area contributed by atoms with Crippen LogP contribution in [0.3, 0.4) is 0 Å². The van der Waals surface area contributed by atoms with Crippen molar-refractivity contribution in [2.24, 2.45) is 0 Å². The molecule has 12 heavy (non-hydrogen) atoms. The zero-order valence-corrected chi connectivity index (χ0v) is 7.17. The van der Waals surface area contributed by atoms with E-state index in [2.05, 4.69) is 28.8 Å². The Bertz CT molecular complexity index is 266. The number of hydrogen-bond acceptors (Lipinski definition) is 3. The average Bonchev–Trinajstić information content (AvgIpc) is 2.57. The van der Waals surface area contributed by atoms with Crippen molar-refractivity contribution in [2.75, 3.05) is 6.54 Å². The zero-order chi connectivity index (χ0) is 8.39. The lowest BCUT2D eigenvalue weighted by atomic mass is 10.1. The van der Waals surface area contributed by atoms with Crippen LogP contribution in [0.1, 0.15) is 23.7 Å². The molecule has 0 radical (unpaired) electrons. The van der Waals surface area contributed by atoms with Crippen LogP contribution in [-0.2, 0) is 0 Å². The van der Waals surface area contributed by atoms with Crippen molar-refractivity contribution < 1.29 is 0 Å². The van der Waals surface area contributed by atoms with Crippen LogP contribution in [0.15, 0.2) is 18.3 Å². The molecule has 1 aliphatic rings. The lowest BCUT2D eigenvalue weighted by Crippen LogP contribution is -2.25. The molecule has 0 saturated carbocycles. The van der Waals surface area contributed by atoms with Gasteiger partial charge in [0, 0.05) is 12.7 Å². The molecule has 3 nitrogen and oxygen atoms in total. The average molecular weight is 163 g/mol. The summed E-state index contributed by atoms with van der Waals surface area (Å²) < 4.78 is 0. The number of hydrogen-bond donors (Lipinski definition) is 2. The monoisotopic (exact) mass is 163 g/mol. The van der Waals surface area contributed by atoms with Gasteiger partial charge in [-0.15, -0.1) is 0 Å². The van der Waals surface area contributed by atoms with Gasteiger partial charge in [0.1, 0.15) is 0 Å². The fourth-order valence-electron chi connectivity index (χ4n) is 1.55. The summed E-state index contributed by atoms with van der Waals surface area (Å²) in [6.45, 7) is 3.13. The highest BCUT2D eigenvalue weighted by atomic mass is 15.4. The molecule has 1 aromatic rings. The molecule has 0 aliphatic carbocycles. The number of hydrazine groups is 1. The first-order chi connectivity index (χ1) is 5.88. The summed E-state index contributed by atoms with van der Waals surface area (Å²) in [7, 11) is 0. The molecule has 0 amide bonds. The minimum atomic E-state index is 0.395. The standard InChI is InChI=1S/C9H13N3/c1-7-3-2-5-10-9(7)8-4-6-11-12-8/h2-3,5,8,11-12H,4,6H2,1H3. The molecule has 0 bridgehead atoms. The maximum absolute atomic E-state index is 4.36. The van der Waals surface area contributed by atoms with Crippen molar-refractivity contribution in [3.05, 3.63) is 29.6 Å². The molecular weight excluding hydrogens is 150 g/mol. The van der Waals surface area contributed by atoms with Crippen LogP contribution < -0.4 is 10.9 Å². The van der Waals surface area contributed by atoms with Crippen LogP contribution in [-0.4, -0.2) is 11.5 Å². The molecule has 1 unspecified atom stereocenters. The highest BCUT2D eigenvalue weighted by Crippen LogP contribution is 2.18. The molecule has 1 fully saturated rings. The third-order valence-electron chi connectivity index (χ3n) is 2.21. The minimum Gasteiger partial charge on any atom is -0.259 e. The van der Waals surface area contributed by atoms with Gasteiger partial charge in [0.2, 0.25) is 0 Å². The Kier molecular flexibility index (Phi) is 2.06. The summed E-state index contributed by atoms with van der Waals surface area (Å²) in [6, 6.07) is 4.47. The molecule has 2 rings (SSSR count). The Morgan fingerprint density at radius 3 is 3.17 bits per heavy atom. The normalized spacial score (nSPS) is 22.9. The Morgan fingerprint density at radius 1 is 1.58 bits per heavy atom. The number of nitrogens with zero attached hydrogens (tertiary/aromatic N) is 1. The van der Waals surface area contributed by atoms with E-state index in [0.717, 1.165) is 13.0 Å². The number of aryl methyl sites for hydroxylation is 1. The Labute approximate surface area is 72.2 Å². The third-order valence-corrected chi connectivity index (χ3v) is 2.21. The number of pyridine rings is 1. The van der Waals surface area contributed by atoms with Crippen molar-refractivity contribution in [3.63, 3.8) is 0 Å². The second kappa shape index (κ2) is 3.21. The second-order valence-corrected chi connectivity index (χ2v) is 3.12. The van der Waals surface area contributed by atoms with Crippen LogP contribution in [0, 0.1) is 6.92 Å². The van der Waals surface area contributed by atoms with Gasteiger partial charge < -0.3 is 0 Å². The molecule has 2 N–H and O–H groups in total. The molecule has 2 heterocycles. The van der Waals surface area contributed by atoms with Gasteiger partial charge in [0.25, 0.3) is 0 Å². The summed E-state index contributed by atoms with van der Waals surface area (Å²) in [5.41, 5.74) is 8.74. The van der Waals surface area contributed by atoms with Gasteiger partial charge in [-0.05, 0) is 25.0 Å². The SMILES string of the molecule is Cc1cccnc1C1CCNN1. The van der Waals surface area contributed by atoms with Gasteiger partial charge in [-0.2, -0.15) is 0 Å². The van der Waals surface area contributed by atoms with Crippen LogP contribution >= 0.6 is 0 Å². The molecule has 64 valence electrons. The topological polar surface area (TPSA) is 37.0 Å². The van der Waals surface area contributed by atoms with Crippen molar-refractivity contribution >= 4 is 0 Å². The lowest BCUT2D eigenvalue weighted by Gasteiger charge is -2.10. The van der Waals surface area contributed by atoms with Crippen molar-refractivity contribution in [1.29, 1.82) is 0 Å². The van der Waals surface area contributed by atoms with Crippen LogP contribution in [0.25, 0.3) is 0 Å². The van der Waals surface area contributed by atoms with Crippen molar-refractivity contribution in [1.82, 2.24) is 15.8 Å². The zero-order valence-electron chi connectivity index (χ0n) is 7.17. The smallest absolute Gasteiger partial charge is 0.0649 e. The van der Waals surface area contributed by atoms with E-state index in [0.29, 0.717) is 6.04 Å². The highest BCUT2D eigenvalue weighted by Gasteiger charge is 2.18. The van der Waals surface area contributed by atoms with Crippen LogP contribution in [0.5, 0.6) is 0 Å². The van der Waals surface area contributed by atoms with E-state index < -0.39 is 0 Å². The van der Waals surface area contributed by atoms with Crippen molar-refractivity contribution in [2.45, 2.75) is 19.4 Å². The number of aromatic nitrogens is 1. The van der Waals surface area contributed by atoms with E-state index in [1.54, 1.807) is 0 Å². The van der Waals surface area contributed by atoms with E-state index in [9.17, 15) is 0 Å². The molecule has 0 spiro atoms. The second-order valence-electron chi connectivity index (χ2n) is 3.12. The molecule has 0 aromatic carbocycles. The Morgan fingerprint density at radius 2 is 2.50 bits per heavy atom. The first-order valence-corrected chi connectivity index (χ1v) is 4.28. The molecule has 1 aliphatic heterocycles. The Hall–Kier alpha value is -0.930. The fourth-order valence-corrected chi connectivity index (χ4v) is 1.55. The van der Waals surface area contributed by atoms with E-state index in [1.165, 1.54) is 11.3 Å². The van der Waals surface area contributed by atoms with Gasteiger partial charge in [0.05, 0.1) is 11.7 Å². The van der Waals surface area contributed by atoms with Crippen LogP contribution in [0.4, 0.5) is 0 Å². The molecule has 1 saturated heterocycles. The van der Waals surface area contributed by atoms with E-state index in [1.807, 2.05) is 12.3 Å². The fraction of sp³-hybridized carbons (Fsp3) is 0.444. The third kappa shape index (κ3) is 1.33. The van der Waals surface area contributed by atoms with Crippen molar-refractivity contribution in [3.8, 4) is 0 Å². The lowest BCUT2D eigenvalue weighted by molar-refractivity contribution is 0.566. The van der Waals surface area contributed by atoms with Gasteiger partial charge in [-0.1, -0.05) is 6.07 Å². The van der Waals surface area contributed by atoms with E-state index in [4.69, 9.17) is 0 Å². The largest absolute Gasteiger partial charge is 0.259 e. The quantitative estimate of drug-likeness (QED) is 0.646. The van der Waals surface area contributed by atoms with E-state index in [-0.39, 0.29) is 0 Å². The Balaban J connectivity index is 2.26. The summed E-state index contributed by atoms with van der Waals surface area (Å²) in [4.78, 5) is 4.36. The minimum absolute atomic E-state index is 0.395. The van der Waals surface area contributed by atoms with Gasteiger partial charge in [-0.25, -0.2) is 5.43 Å². The summed E-state index contributed by atoms with van der Waals surface area (Å²) in [6.07, 6.45) is 2.97. The highest BCUT2D eigenvalue weighted by molar-refractivity contribution is 5.21. The van der Waals surface area contributed by atoms with Crippen LogP contribution in [0.2, 0.25) is 0 Å². The predicted molar refractivity (Wildman–Crippen MR) is 47.5 cm³/mol. The summed E-state index contributed by atoms with van der Waals surface area (Å²) in [5.74, 6) is 0. The van der Waals surface area contributed by atoms with Gasteiger partial charge in [0.15, 0.2) is 0 Å². The first-order valence-electron chi connectivity index (χ1n) is 4.28. The predicted octanol–water partition coefficient (Wildman–Crippen LogP) is 0.929. The van der Waals surface area contributed by atoms with Gasteiger partial charge >= 0.3 is 0 Å². The maximum atomic E-state index is 4.36. The number of rotatable bonds is 1. The summed E-state index contributed by atoms with van der Waals surface area (Å²) in [5, 5.41) is 0. The molecule has 3 heteroatoms.